The highest BCUT2D eigenvalue weighted by Gasteiger charge is 2.24. The highest BCUT2D eigenvalue weighted by Crippen LogP contribution is 2.16. The predicted octanol–water partition coefficient (Wildman–Crippen LogP) is 1.46. The second kappa shape index (κ2) is 11.5. The normalized spacial score (nSPS) is 25.0. The van der Waals surface area contributed by atoms with Gasteiger partial charge in [0.05, 0.1) is 11.8 Å². The lowest BCUT2D eigenvalue weighted by Gasteiger charge is -2.28. The second-order valence-corrected chi connectivity index (χ2v) is 8.20. The summed E-state index contributed by atoms with van der Waals surface area (Å²) in [7, 11) is 4.18. The maximum absolute atomic E-state index is 12.1. The Labute approximate surface area is 159 Å². The van der Waals surface area contributed by atoms with Crippen LogP contribution in [0.4, 0.5) is 0 Å². The number of carbonyl (C=O) groups excluding carboxylic acids is 2. The van der Waals surface area contributed by atoms with E-state index in [2.05, 4.69) is 34.5 Å². The molecule has 2 aliphatic rings. The van der Waals surface area contributed by atoms with Crippen LogP contribution in [-0.2, 0) is 9.59 Å². The number of piperidine rings is 2. The fraction of sp³-hybridized carbons (Fsp3) is 0.900. The Balaban J connectivity index is 1.43. The molecule has 6 heteroatoms. The van der Waals surface area contributed by atoms with E-state index >= 15 is 0 Å². The molecule has 2 aliphatic heterocycles. The smallest absolute Gasteiger partial charge is 0.224 e. The number of nitrogens with one attached hydrogen (secondary N) is 2. The predicted molar refractivity (Wildman–Crippen MR) is 105 cm³/mol. The number of nitrogens with zero attached hydrogens (tertiary/aromatic N) is 2. The topological polar surface area (TPSA) is 64.7 Å². The molecule has 2 unspecified atom stereocenters. The number of unbranched alkanes of at least 4 members (excludes halogenated alkanes) is 3. The molecule has 26 heavy (non-hydrogen) atoms. The van der Waals surface area contributed by atoms with Crippen LogP contribution < -0.4 is 10.6 Å². The first kappa shape index (κ1) is 21.2. The molecule has 6 nitrogen and oxygen atoms in total. The number of likely N-dealkylation sites (tertiary alicyclic amines) is 2. The third-order valence-electron chi connectivity index (χ3n) is 5.69. The summed E-state index contributed by atoms with van der Waals surface area (Å²) in [4.78, 5) is 28.8. The highest BCUT2D eigenvalue weighted by atomic mass is 16.2. The van der Waals surface area contributed by atoms with Crippen molar-refractivity contribution in [2.24, 2.45) is 11.8 Å². The van der Waals surface area contributed by atoms with Crippen molar-refractivity contribution >= 4 is 11.8 Å². The maximum atomic E-state index is 12.1. The van der Waals surface area contributed by atoms with E-state index in [1.165, 1.54) is 0 Å². The van der Waals surface area contributed by atoms with Crippen LogP contribution in [0.15, 0.2) is 0 Å². The van der Waals surface area contributed by atoms with Gasteiger partial charge in [0.15, 0.2) is 0 Å². The molecule has 0 aromatic carbocycles. The SMILES string of the molecule is CN1CCCC(C(=O)NCCCCCCNC(=O)C2CCCN(C)C2)C1. The largest absolute Gasteiger partial charge is 0.356 e. The molecule has 2 fully saturated rings. The molecule has 2 saturated heterocycles. The lowest BCUT2D eigenvalue weighted by Crippen LogP contribution is -2.41. The fourth-order valence-corrected chi connectivity index (χ4v) is 4.08. The molecule has 2 amide bonds. The molecule has 2 rings (SSSR count). The lowest BCUT2D eigenvalue weighted by atomic mass is 9.97. The zero-order valence-electron chi connectivity index (χ0n) is 16.8. The first-order valence-corrected chi connectivity index (χ1v) is 10.5. The van der Waals surface area contributed by atoms with Gasteiger partial charge in [-0.25, -0.2) is 0 Å². The molecule has 0 aliphatic carbocycles. The van der Waals surface area contributed by atoms with Crippen LogP contribution in [-0.4, -0.2) is 75.0 Å². The van der Waals surface area contributed by atoms with Gasteiger partial charge in [-0.3, -0.25) is 9.59 Å². The quantitative estimate of drug-likeness (QED) is 0.607. The van der Waals surface area contributed by atoms with E-state index < -0.39 is 0 Å². The van der Waals surface area contributed by atoms with Crippen molar-refractivity contribution in [3.05, 3.63) is 0 Å². The Morgan fingerprint density at radius 1 is 0.769 bits per heavy atom. The van der Waals surface area contributed by atoms with Gasteiger partial charge in [-0.05, 0) is 65.7 Å². The van der Waals surface area contributed by atoms with E-state index in [1.54, 1.807) is 0 Å². The Kier molecular flexibility index (Phi) is 9.40. The van der Waals surface area contributed by atoms with E-state index in [-0.39, 0.29) is 23.7 Å². The number of rotatable bonds is 9. The molecule has 2 heterocycles. The molecule has 0 spiro atoms. The van der Waals surface area contributed by atoms with Crippen molar-refractivity contribution in [2.45, 2.75) is 51.4 Å². The van der Waals surface area contributed by atoms with Gasteiger partial charge in [-0.1, -0.05) is 12.8 Å². The van der Waals surface area contributed by atoms with Crippen LogP contribution in [0.5, 0.6) is 0 Å². The van der Waals surface area contributed by atoms with Crippen LogP contribution in [0.1, 0.15) is 51.4 Å². The molecule has 0 radical (unpaired) electrons. The van der Waals surface area contributed by atoms with Crippen molar-refractivity contribution in [1.82, 2.24) is 20.4 Å². The van der Waals surface area contributed by atoms with Crippen molar-refractivity contribution < 1.29 is 9.59 Å². The molecule has 0 aromatic rings. The number of hydrogen-bond acceptors (Lipinski definition) is 4. The Hall–Kier alpha value is -1.14. The average Bonchev–Trinajstić information content (AvgIpc) is 2.63. The summed E-state index contributed by atoms with van der Waals surface area (Å²) in [6, 6.07) is 0. The molecule has 150 valence electrons. The van der Waals surface area contributed by atoms with Crippen molar-refractivity contribution in [3.8, 4) is 0 Å². The van der Waals surface area contributed by atoms with Crippen LogP contribution in [0.2, 0.25) is 0 Å². The molecule has 2 N–H and O–H groups in total. The summed E-state index contributed by atoms with van der Waals surface area (Å²) in [5.41, 5.74) is 0. The molecular formula is C20H38N4O2. The van der Waals surface area contributed by atoms with Crippen LogP contribution in [0.25, 0.3) is 0 Å². The van der Waals surface area contributed by atoms with Crippen molar-refractivity contribution in [2.75, 3.05) is 53.4 Å². The first-order chi connectivity index (χ1) is 12.6. The maximum Gasteiger partial charge on any atom is 0.224 e. The third-order valence-corrected chi connectivity index (χ3v) is 5.69. The van der Waals surface area contributed by atoms with Gasteiger partial charge >= 0.3 is 0 Å². The van der Waals surface area contributed by atoms with Gasteiger partial charge in [0, 0.05) is 26.2 Å². The Morgan fingerprint density at radius 3 is 1.58 bits per heavy atom. The molecular weight excluding hydrogens is 328 g/mol. The van der Waals surface area contributed by atoms with E-state index in [9.17, 15) is 9.59 Å². The summed E-state index contributed by atoms with van der Waals surface area (Å²) >= 11 is 0. The van der Waals surface area contributed by atoms with Crippen LogP contribution in [0.3, 0.4) is 0 Å². The molecule has 0 aromatic heterocycles. The van der Waals surface area contributed by atoms with Gasteiger partial charge in [-0.2, -0.15) is 0 Å². The number of carbonyl (C=O) groups is 2. The van der Waals surface area contributed by atoms with Crippen molar-refractivity contribution in [1.29, 1.82) is 0 Å². The fourth-order valence-electron chi connectivity index (χ4n) is 4.08. The van der Waals surface area contributed by atoms with Gasteiger partial charge in [0.2, 0.25) is 11.8 Å². The molecule has 0 saturated carbocycles. The monoisotopic (exact) mass is 366 g/mol. The molecule has 0 bridgehead atoms. The highest BCUT2D eigenvalue weighted by molar-refractivity contribution is 5.79. The Bertz CT molecular complexity index is 404. The summed E-state index contributed by atoms with van der Waals surface area (Å²) < 4.78 is 0. The Morgan fingerprint density at radius 2 is 1.19 bits per heavy atom. The van der Waals surface area contributed by atoms with E-state index in [0.29, 0.717) is 0 Å². The average molecular weight is 367 g/mol. The minimum atomic E-state index is 0.169. The first-order valence-electron chi connectivity index (χ1n) is 10.5. The van der Waals surface area contributed by atoms with Crippen LogP contribution in [0, 0.1) is 11.8 Å². The van der Waals surface area contributed by atoms with Gasteiger partial charge in [-0.15, -0.1) is 0 Å². The zero-order valence-corrected chi connectivity index (χ0v) is 16.8. The van der Waals surface area contributed by atoms with E-state index in [0.717, 1.165) is 90.6 Å². The lowest BCUT2D eigenvalue weighted by molar-refractivity contribution is -0.127. The van der Waals surface area contributed by atoms with Gasteiger partial charge in [0.1, 0.15) is 0 Å². The summed E-state index contributed by atoms with van der Waals surface area (Å²) in [5.74, 6) is 0.785. The van der Waals surface area contributed by atoms with E-state index in [1.807, 2.05) is 0 Å². The third kappa shape index (κ3) is 7.62. The minimum Gasteiger partial charge on any atom is -0.356 e. The van der Waals surface area contributed by atoms with Gasteiger partial charge < -0.3 is 20.4 Å². The minimum absolute atomic E-state index is 0.169. The van der Waals surface area contributed by atoms with Gasteiger partial charge in [0.25, 0.3) is 0 Å². The second-order valence-electron chi connectivity index (χ2n) is 8.20. The summed E-state index contributed by atoms with van der Waals surface area (Å²) in [6.07, 6.45) is 8.54. The van der Waals surface area contributed by atoms with E-state index in [4.69, 9.17) is 0 Å². The summed E-state index contributed by atoms with van der Waals surface area (Å²) in [5, 5.41) is 6.18. The zero-order chi connectivity index (χ0) is 18.8. The number of amides is 2. The standard InChI is InChI=1S/C20H38N4O2/c1-23-13-7-9-17(15-23)19(25)21-11-5-3-4-6-12-22-20(26)18-10-8-14-24(2)16-18/h17-18H,3-16H2,1-2H3,(H,21,25)(H,22,26). The van der Waals surface area contributed by atoms with Crippen molar-refractivity contribution in [3.63, 3.8) is 0 Å². The van der Waals surface area contributed by atoms with Crippen LogP contribution >= 0.6 is 0 Å². The number of hydrogen-bond donors (Lipinski definition) is 2. The summed E-state index contributed by atoms with van der Waals surface area (Å²) in [6.45, 7) is 5.56. The molecule has 2 atom stereocenters.